The Kier molecular flexibility index (Phi) is 3.81. The van der Waals surface area contributed by atoms with Crippen molar-refractivity contribution in [3.05, 3.63) is 102 Å². The van der Waals surface area contributed by atoms with Crippen molar-refractivity contribution in [3.63, 3.8) is 0 Å². The number of hydrogen-bond acceptors (Lipinski definition) is 5. The van der Waals surface area contributed by atoms with E-state index in [9.17, 15) is 0 Å². The second-order valence-corrected chi connectivity index (χ2v) is 12.4. The van der Waals surface area contributed by atoms with E-state index in [1.54, 1.807) is 0 Å². The van der Waals surface area contributed by atoms with Gasteiger partial charge in [0, 0.05) is 57.5 Å². The molecule has 0 aliphatic carbocycles. The highest BCUT2D eigenvalue weighted by molar-refractivity contribution is 7.33. The molecule has 2 aliphatic rings. The fraction of sp³-hybridized carbons (Fsp3) is 0. The zero-order valence-electron chi connectivity index (χ0n) is 19.0. The third kappa shape index (κ3) is 2.37. The van der Waals surface area contributed by atoms with Crippen LogP contribution in [0.1, 0.15) is 0 Å². The van der Waals surface area contributed by atoms with Crippen LogP contribution < -0.4 is 14.4 Å². The minimum atomic E-state index is 0.0937. The number of para-hydroxylation sites is 1. The maximum atomic E-state index is 2.64. The monoisotopic (exact) mass is 512 g/mol. The Morgan fingerprint density at radius 3 is 2.08 bits per heavy atom. The Labute approximate surface area is 220 Å². The van der Waals surface area contributed by atoms with Crippen LogP contribution in [0.25, 0.3) is 41.4 Å². The number of hydrogen-bond donors (Lipinski definition) is 0. The molecule has 3 aromatic heterocycles. The third-order valence-electron chi connectivity index (χ3n) is 7.51. The zero-order valence-corrected chi connectivity index (χ0v) is 21.5. The van der Waals surface area contributed by atoms with Gasteiger partial charge in [0.2, 0.25) is 0 Å². The molecule has 0 amide bonds. The first kappa shape index (κ1) is 19.6. The maximum absolute atomic E-state index is 2.64. The van der Waals surface area contributed by atoms with Gasteiger partial charge in [-0.25, -0.2) is 0 Å². The van der Waals surface area contributed by atoms with Crippen molar-refractivity contribution in [2.45, 2.75) is 0 Å². The lowest BCUT2D eigenvalue weighted by Gasteiger charge is -2.34. The second-order valence-electron chi connectivity index (χ2n) is 9.34. The smallest absolute Gasteiger partial charge is 0.357 e. The van der Waals surface area contributed by atoms with Gasteiger partial charge in [-0.05, 0) is 29.7 Å². The van der Waals surface area contributed by atoms with Gasteiger partial charge in [-0.2, -0.15) is 0 Å². The van der Waals surface area contributed by atoms with Crippen LogP contribution in [0.15, 0.2) is 102 Å². The molecule has 0 bridgehead atoms. The van der Waals surface area contributed by atoms with Gasteiger partial charge in [0.25, 0.3) is 0 Å². The summed E-state index contributed by atoms with van der Waals surface area (Å²) in [6, 6.07) is 35.6. The van der Waals surface area contributed by atoms with E-state index >= 15 is 0 Å². The van der Waals surface area contributed by atoms with Gasteiger partial charge >= 0.3 is 6.98 Å². The van der Waals surface area contributed by atoms with Crippen LogP contribution in [0.4, 0.5) is 22.1 Å². The predicted octanol–water partition coefficient (Wildman–Crippen LogP) is 9.00. The number of nitrogens with zero attached hydrogens (tertiary/aromatic N) is 2. The van der Waals surface area contributed by atoms with Crippen LogP contribution in [-0.2, 0) is 0 Å². The number of rotatable bonds is 1. The highest BCUT2D eigenvalue weighted by Gasteiger charge is 2.51. The minimum Gasteiger partial charge on any atom is -0.357 e. The van der Waals surface area contributed by atoms with E-state index in [1.807, 2.05) is 34.0 Å². The number of anilines is 4. The molecular weight excluding hydrogens is 495 g/mol. The van der Waals surface area contributed by atoms with Crippen LogP contribution in [0.2, 0.25) is 0 Å². The lowest BCUT2D eigenvalue weighted by Crippen LogP contribution is -2.54. The highest BCUT2D eigenvalue weighted by Crippen LogP contribution is 2.59. The molecule has 2 nitrogen and oxygen atoms in total. The largest absolute Gasteiger partial charge is 0.432 e. The normalized spacial score (nSPS) is 13.9. The van der Waals surface area contributed by atoms with Gasteiger partial charge in [0.1, 0.15) is 5.00 Å². The molecule has 0 fully saturated rings. The number of fused-ring (bicyclic) bond motifs is 13. The molecule has 5 heterocycles. The summed E-state index contributed by atoms with van der Waals surface area (Å²) in [5, 5.41) is 7.72. The lowest BCUT2D eigenvalue weighted by molar-refractivity contribution is 1.41. The summed E-state index contributed by atoms with van der Waals surface area (Å²) in [5.41, 5.74) is 6.67. The fourth-order valence-electron chi connectivity index (χ4n) is 6.06. The summed E-state index contributed by atoms with van der Waals surface area (Å²) >= 11 is 5.71. The first-order valence-electron chi connectivity index (χ1n) is 12.1. The van der Waals surface area contributed by atoms with Gasteiger partial charge < -0.3 is 9.62 Å². The van der Waals surface area contributed by atoms with Gasteiger partial charge in [-0.3, -0.25) is 0 Å². The second kappa shape index (κ2) is 7.01. The van der Waals surface area contributed by atoms with Crippen LogP contribution in [0.3, 0.4) is 0 Å². The Balaban J connectivity index is 1.44. The topological polar surface area (TPSA) is 6.48 Å². The van der Waals surface area contributed by atoms with Crippen molar-refractivity contribution < 1.29 is 0 Å². The molecule has 0 N–H and O–H groups in total. The molecule has 0 unspecified atom stereocenters. The van der Waals surface area contributed by atoms with Gasteiger partial charge in [0.05, 0.1) is 5.69 Å². The van der Waals surface area contributed by atoms with E-state index in [-0.39, 0.29) is 6.98 Å². The SMILES string of the molecule is c1ccc2c(c1)-c1c(sc3ccccc13)B1N2c2sc3ccccc3c2N1c1csc2ccccc12. The van der Waals surface area contributed by atoms with Gasteiger partial charge in [-0.15, -0.1) is 34.0 Å². The van der Waals surface area contributed by atoms with E-state index < -0.39 is 0 Å². The third-order valence-corrected chi connectivity index (χ3v) is 10.8. The van der Waals surface area contributed by atoms with Crippen molar-refractivity contribution in [2.24, 2.45) is 0 Å². The standard InChI is InChI=1S/C30H17BN2S3/c1-5-13-22-19(10-1)27-20-11-3-7-15-25(20)35-29(27)31-32(23-17-34-24-14-6-2-9-18(23)24)28-21-12-4-8-16-26(21)36-30(28)33(22)31/h1-17H. The Hall–Kier alpha value is -3.58. The molecule has 0 saturated heterocycles. The molecule has 4 aromatic carbocycles. The minimum absolute atomic E-state index is 0.0937. The summed E-state index contributed by atoms with van der Waals surface area (Å²) < 4.78 is 5.46. The molecule has 9 rings (SSSR count). The van der Waals surface area contributed by atoms with Gasteiger partial charge in [-0.1, -0.05) is 72.8 Å². The Morgan fingerprint density at radius 2 is 1.22 bits per heavy atom. The lowest BCUT2D eigenvalue weighted by atomic mass is 9.64. The molecule has 2 aliphatic heterocycles. The summed E-state index contributed by atoms with van der Waals surface area (Å²) in [6.45, 7) is 0.0937. The number of thiophene rings is 3. The molecule has 0 atom stereocenters. The molecular formula is C30H17BN2S3. The molecule has 36 heavy (non-hydrogen) atoms. The van der Waals surface area contributed by atoms with Gasteiger partial charge in [0.15, 0.2) is 0 Å². The zero-order chi connectivity index (χ0) is 23.4. The fourth-order valence-corrected chi connectivity index (χ4v) is 9.53. The molecule has 0 spiro atoms. The van der Waals surface area contributed by atoms with Crippen LogP contribution in [0.5, 0.6) is 0 Å². The summed E-state index contributed by atoms with van der Waals surface area (Å²) in [5.74, 6) is 0. The van der Waals surface area contributed by atoms with Crippen LogP contribution in [-0.4, -0.2) is 6.98 Å². The molecule has 168 valence electrons. The van der Waals surface area contributed by atoms with Crippen molar-refractivity contribution in [1.29, 1.82) is 0 Å². The van der Waals surface area contributed by atoms with E-state index in [0.717, 1.165) is 0 Å². The van der Waals surface area contributed by atoms with Crippen LogP contribution >= 0.6 is 34.0 Å². The quantitative estimate of drug-likeness (QED) is 0.203. The average Bonchev–Trinajstić information content (AvgIpc) is 3.68. The average molecular weight is 512 g/mol. The molecule has 7 aromatic rings. The Bertz CT molecular complexity index is 2000. The number of benzene rings is 4. The predicted molar refractivity (Wildman–Crippen MR) is 161 cm³/mol. The maximum Gasteiger partial charge on any atom is 0.432 e. The van der Waals surface area contributed by atoms with E-state index in [0.29, 0.717) is 0 Å². The van der Waals surface area contributed by atoms with E-state index in [2.05, 4.69) is 112 Å². The van der Waals surface area contributed by atoms with E-state index in [4.69, 9.17) is 0 Å². The molecule has 6 heteroatoms. The first-order chi connectivity index (χ1) is 17.9. The summed E-state index contributed by atoms with van der Waals surface area (Å²) in [7, 11) is 0. The summed E-state index contributed by atoms with van der Waals surface area (Å²) in [6.07, 6.45) is 0. The summed E-state index contributed by atoms with van der Waals surface area (Å²) in [4.78, 5) is 5.25. The van der Waals surface area contributed by atoms with Crippen LogP contribution in [0, 0.1) is 0 Å². The Morgan fingerprint density at radius 1 is 0.556 bits per heavy atom. The van der Waals surface area contributed by atoms with E-state index in [1.165, 1.54) is 68.2 Å². The molecule has 0 radical (unpaired) electrons. The van der Waals surface area contributed by atoms with Crippen molar-refractivity contribution in [3.8, 4) is 11.1 Å². The van der Waals surface area contributed by atoms with Crippen molar-refractivity contribution in [2.75, 3.05) is 9.62 Å². The molecule has 0 saturated carbocycles. The van der Waals surface area contributed by atoms with Crippen molar-refractivity contribution in [1.82, 2.24) is 0 Å². The highest BCUT2D eigenvalue weighted by atomic mass is 32.1. The first-order valence-corrected chi connectivity index (χ1v) is 14.6. The van der Waals surface area contributed by atoms with Crippen molar-refractivity contribution >= 4 is 98.1 Å².